The first-order valence-electron chi connectivity index (χ1n) is 6.46. The molecule has 0 bridgehead atoms. The molecule has 0 aliphatic heterocycles. The topological polar surface area (TPSA) is 45.8 Å². The molecule has 0 saturated carbocycles. The molecule has 0 fully saturated rings. The highest BCUT2D eigenvalue weighted by Crippen LogP contribution is 2.23. The quantitative estimate of drug-likeness (QED) is 0.726. The molecule has 0 unspecified atom stereocenters. The summed E-state index contributed by atoms with van der Waals surface area (Å²) in [6.07, 6.45) is 0. The van der Waals surface area contributed by atoms with E-state index in [2.05, 4.69) is 10.2 Å². The van der Waals surface area contributed by atoms with Crippen molar-refractivity contribution in [3.63, 3.8) is 0 Å². The molecule has 0 radical (unpaired) electrons. The molecule has 1 N–H and O–H groups in total. The van der Waals surface area contributed by atoms with Crippen molar-refractivity contribution in [1.29, 1.82) is 0 Å². The lowest BCUT2D eigenvalue weighted by atomic mass is 10.1. The molecule has 1 aromatic heterocycles. The molecule has 3 nitrogen and oxygen atoms in total. The van der Waals surface area contributed by atoms with E-state index in [0.717, 1.165) is 28.1 Å². The summed E-state index contributed by atoms with van der Waals surface area (Å²) in [6.45, 7) is 1.57. The Morgan fingerprint density at radius 2 is 1.65 bits per heavy atom. The van der Waals surface area contributed by atoms with E-state index in [9.17, 15) is 4.79 Å². The average Bonchev–Trinajstić information content (AvgIpc) is 2.98. The van der Waals surface area contributed by atoms with Crippen LogP contribution in [0.3, 0.4) is 0 Å². The molecular formula is C17H14N2O. The van der Waals surface area contributed by atoms with Gasteiger partial charge in [0.2, 0.25) is 0 Å². The Bertz CT molecular complexity index is 727. The molecule has 0 amide bonds. The standard InChI is InChI=1S/C17H14N2O/c1-12(20)13-7-9-15(10-8-13)17-11-16(18-19-17)14-5-3-2-4-6-14/h2-11H,1H3,(H,18,19). The van der Waals surface area contributed by atoms with E-state index >= 15 is 0 Å². The number of rotatable bonds is 3. The van der Waals surface area contributed by atoms with E-state index in [0.29, 0.717) is 0 Å². The lowest BCUT2D eigenvalue weighted by Gasteiger charge is -1.98. The third kappa shape index (κ3) is 2.38. The molecule has 3 heteroatoms. The van der Waals surface area contributed by atoms with Gasteiger partial charge in [-0.05, 0) is 18.6 Å². The lowest BCUT2D eigenvalue weighted by molar-refractivity contribution is 0.101. The van der Waals surface area contributed by atoms with Crippen LogP contribution in [0.2, 0.25) is 0 Å². The minimum Gasteiger partial charge on any atom is -0.295 e. The Kier molecular flexibility index (Phi) is 3.17. The smallest absolute Gasteiger partial charge is 0.159 e. The molecular weight excluding hydrogens is 248 g/mol. The van der Waals surface area contributed by atoms with E-state index in [1.807, 2.05) is 60.7 Å². The number of ketones is 1. The average molecular weight is 262 g/mol. The Balaban J connectivity index is 1.92. The van der Waals surface area contributed by atoms with Crippen molar-refractivity contribution in [2.45, 2.75) is 6.92 Å². The molecule has 0 aliphatic rings. The second-order valence-corrected chi connectivity index (χ2v) is 4.67. The van der Waals surface area contributed by atoms with Gasteiger partial charge in [-0.15, -0.1) is 0 Å². The van der Waals surface area contributed by atoms with Gasteiger partial charge in [-0.1, -0.05) is 54.6 Å². The summed E-state index contributed by atoms with van der Waals surface area (Å²) in [5, 5.41) is 7.36. The van der Waals surface area contributed by atoms with Crippen molar-refractivity contribution in [2.24, 2.45) is 0 Å². The molecule has 0 aliphatic carbocycles. The zero-order valence-electron chi connectivity index (χ0n) is 11.1. The van der Waals surface area contributed by atoms with Gasteiger partial charge in [-0.3, -0.25) is 9.89 Å². The zero-order chi connectivity index (χ0) is 13.9. The highest BCUT2D eigenvalue weighted by molar-refractivity contribution is 5.94. The Morgan fingerprint density at radius 3 is 2.30 bits per heavy atom. The summed E-state index contributed by atoms with van der Waals surface area (Å²) in [5.41, 5.74) is 4.67. The maximum absolute atomic E-state index is 11.3. The second-order valence-electron chi connectivity index (χ2n) is 4.67. The predicted molar refractivity (Wildman–Crippen MR) is 79.5 cm³/mol. The van der Waals surface area contributed by atoms with Crippen LogP contribution in [0, 0.1) is 0 Å². The van der Waals surface area contributed by atoms with Crippen molar-refractivity contribution in [1.82, 2.24) is 10.2 Å². The third-order valence-electron chi connectivity index (χ3n) is 3.25. The summed E-state index contributed by atoms with van der Waals surface area (Å²) < 4.78 is 0. The number of Topliss-reactive ketones (excluding diaryl/α,β-unsaturated/α-hetero) is 1. The number of hydrogen-bond donors (Lipinski definition) is 1. The van der Waals surface area contributed by atoms with Crippen LogP contribution in [0.25, 0.3) is 22.5 Å². The van der Waals surface area contributed by atoms with Gasteiger partial charge in [0.05, 0.1) is 11.4 Å². The van der Waals surface area contributed by atoms with Crippen LogP contribution in [0.4, 0.5) is 0 Å². The SMILES string of the molecule is CC(=O)c1ccc(-c2cc(-c3ccccc3)n[nH]2)cc1. The number of aromatic nitrogens is 2. The number of aromatic amines is 1. The van der Waals surface area contributed by atoms with E-state index in [1.165, 1.54) is 0 Å². The Morgan fingerprint density at radius 1 is 0.950 bits per heavy atom. The molecule has 0 spiro atoms. The minimum absolute atomic E-state index is 0.0751. The summed E-state index contributed by atoms with van der Waals surface area (Å²) in [5.74, 6) is 0.0751. The maximum Gasteiger partial charge on any atom is 0.159 e. The fraction of sp³-hybridized carbons (Fsp3) is 0.0588. The fourth-order valence-electron chi connectivity index (χ4n) is 2.11. The molecule has 2 aromatic carbocycles. The van der Waals surface area contributed by atoms with Crippen LogP contribution in [-0.2, 0) is 0 Å². The number of carbonyl (C=O) groups excluding carboxylic acids is 1. The van der Waals surface area contributed by atoms with Crippen molar-refractivity contribution in [3.05, 3.63) is 66.2 Å². The molecule has 0 saturated heterocycles. The van der Waals surface area contributed by atoms with Crippen LogP contribution in [0.5, 0.6) is 0 Å². The van der Waals surface area contributed by atoms with Crippen molar-refractivity contribution < 1.29 is 4.79 Å². The summed E-state index contributed by atoms with van der Waals surface area (Å²) in [4.78, 5) is 11.3. The van der Waals surface area contributed by atoms with Crippen LogP contribution < -0.4 is 0 Å². The summed E-state index contributed by atoms with van der Waals surface area (Å²) in [7, 11) is 0. The maximum atomic E-state index is 11.3. The monoisotopic (exact) mass is 262 g/mol. The molecule has 20 heavy (non-hydrogen) atoms. The number of hydrogen-bond acceptors (Lipinski definition) is 2. The summed E-state index contributed by atoms with van der Waals surface area (Å²) >= 11 is 0. The van der Waals surface area contributed by atoms with E-state index in [1.54, 1.807) is 6.92 Å². The second kappa shape index (κ2) is 5.13. The van der Waals surface area contributed by atoms with Crippen LogP contribution in [0.1, 0.15) is 17.3 Å². The van der Waals surface area contributed by atoms with E-state index < -0.39 is 0 Å². The number of nitrogens with zero attached hydrogens (tertiary/aromatic N) is 1. The first kappa shape index (κ1) is 12.4. The highest BCUT2D eigenvalue weighted by Gasteiger charge is 2.06. The van der Waals surface area contributed by atoms with Gasteiger partial charge in [0.25, 0.3) is 0 Å². The molecule has 0 atom stereocenters. The normalized spacial score (nSPS) is 10.4. The van der Waals surface area contributed by atoms with Crippen molar-refractivity contribution in [3.8, 4) is 22.5 Å². The number of nitrogens with one attached hydrogen (secondary N) is 1. The number of carbonyl (C=O) groups is 1. The van der Waals surface area contributed by atoms with Gasteiger partial charge in [0.15, 0.2) is 5.78 Å². The molecule has 98 valence electrons. The minimum atomic E-state index is 0.0751. The van der Waals surface area contributed by atoms with Crippen LogP contribution >= 0.6 is 0 Å². The van der Waals surface area contributed by atoms with Gasteiger partial charge in [-0.2, -0.15) is 5.10 Å². The largest absolute Gasteiger partial charge is 0.295 e. The fourth-order valence-corrected chi connectivity index (χ4v) is 2.11. The number of benzene rings is 2. The predicted octanol–water partition coefficient (Wildman–Crippen LogP) is 3.95. The summed E-state index contributed by atoms with van der Waals surface area (Å²) in [6, 6.07) is 19.6. The van der Waals surface area contributed by atoms with Gasteiger partial charge < -0.3 is 0 Å². The molecule has 1 heterocycles. The van der Waals surface area contributed by atoms with Gasteiger partial charge >= 0.3 is 0 Å². The van der Waals surface area contributed by atoms with Gasteiger partial charge in [-0.25, -0.2) is 0 Å². The van der Waals surface area contributed by atoms with E-state index in [-0.39, 0.29) is 5.78 Å². The first-order valence-corrected chi connectivity index (χ1v) is 6.46. The Hall–Kier alpha value is -2.68. The lowest BCUT2D eigenvalue weighted by Crippen LogP contribution is -1.90. The molecule has 3 aromatic rings. The first-order chi connectivity index (χ1) is 9.74. The van der Waals surface area contributed by atoms with Crippen LogP contribution in [0.15, 0.2) is 60.7 Å². The highest BCUT2D eigenvalue weighted by atomic mass is 16.1. The van der Waals surface area contributed by atoms with Gasteiger partial charge in [0, 0.05) is 11.1 Å². The third-order valence-corrected chi connectivity index (χ3v) is 3.25. The Labute approximate surface area is 117 Å². The van der Waals surface area contributed by atoms with Gasteiger partial charge in [0.1, 0.15) is 0 Å². The zero-order valence-corrected chi connectivity index (χ0v) is 11.1. The number of H-pyrrole nitrogens is 1. The van der Waals surface area contributed by atoms with Crippen LogP contribution in [-0.4, -0.2) is 16.0 Å². The molecule has 3 rings (SSSR count). The van der Waals surface area contributed by atoms with Crippen molar-refractivity contribution in [2.75, 3.05) is 0 Å². The van der Waals surface area contributed by atoms with E-state index in [4.69, 9.17) is 0 Å². The van der Waals surface area contributed by atoms with Crippen molar-refractivity contribution >= 4 is 5.78 Å².